The van der Waals surface area contributed by atoms with Gasteiger partial charge in [-0.2, -0.15) is 0 Å². The number of rotatable bonds is 8. The van der Waals surface area contributed by atoms with E-state index in [-0.39, 0.29) is 0 Å². The highest BCUT2D eigenvalue weighted by Crippen LogP contribution is 2.25. The summed E-state index contributed by atoms with van der Waals surface area (Å²) < 4.78 is 10.7. The summed E-state index contributed by atoms with van der Waals surface area (Å²) in [5, 5.41) is 0. The minimum absolute atomic E-state index is 0.692. The summed E-state index contributed by atoms with van der Waals surface area (Å²) in [5.41, 5.74) is 0. The highest BCUT2D eigenvalue weighted by atomic mass is 16.5. The molecular formula is C19H20O2. The van der Waals surface area contributed by atoms with Crippen molar-refractivity contribution in [2.24, 2.45) is 0 Å². The quantitative estimate of drug-likeness (QED) is 0.493. The monoisotopic (exact) mass is 280 g/mol. The largest absolute Gasteiger partial charge is 0.493 e. The molecule has 0 heterocycles. The molecule has 108 valence electrons. The SMILES string of the molecule is C=CC=CC=CC=CC=CC=COc1ccccc1OC. The van der Waals surface area contributed by atoms with Crippen LogP contribution in [0.1, 0.15) is 0 Å². The average molecular weight is 280 g/mol. The second-order valence-electron chi connectivity index (χ2n) is 3.87. The first-order valence-electron chi connectivity index (χ1n) is 6.62. The predicted octanol–water partition coefficient (Wildman–Crippen LogP) is 5.00. The number of hydrogen-bond donors (Lipinski definition) is 0. The van der Waals surface area contributed by atoms with Crippen LogP contribution in [0.4, 0.5) is 0 Å². The Labute approximate surface area is 126 Å². The van der Waals surface area contributed by atoms with Gasteiger partial charge in [-0.15, -0.1) is 0 Å². The molecule has 0 atom stereocenters. The summed E-state index contributed by atoms with van der Waals surface area (Å²) in [7, 11) is 1.62. The Balaban J connectivity index is 2.36. The van der Waals surface area contributed by atoms with Crippen molar-refractivity contribution < 1.29 is 9.47 Å². The Morgan fingerprint density at radius 3 is 1.86 bits per heavy atom. The van der Waals surface area contributed by atoms with Crippen molar-refractivity contribution in [2.45, 2.75) is 0 Å². The lowest BCUT2D eigenvalue weighted by molar-refractivity contribution is 0.378. The molecule has 0 aliphatic heterocycles. The maximum atomic E-state index is 5.49. The van der Waals surface area contributed by atoms with Crippen LogP contribution >= 0.6 is 0 Å². The molecule has 1 aromatic rings. The molecule has 2 nitrogen and oxygen atoms in total. The van der Waals surface area contributed by atoms with Crippen LogP contribution in [0.2, 0.25) is 0 Å². The van der Waals surface area contributed by atoms with Crippen LogP contribution in [0.15, 0.2) is 97.9 Å². The number of hydrogen-bond acceptors (Lipinski definition) is 2. The van der Waals surface area contributed by atoms with E-state index in [4.69, 9.17) is 9.47 Å². The Kier molecular flexibility index (Phi) is 8.64. The van der Waals surface area contributed by atoms with Crippen molar-refractivity contribution in [2.75, 3.05) is 7.11 Å². The summed E-state index contributed by atoms with van der Waals surface area (Å²) in [4.78, 5) is 0. The summed E-state index contributed by atoms with van der Waals surface area (Å²) >= 11 is 0. The fourth-order valence-electron chi connectivity index (χ4n) is 1.40. The van der Waals surface area contributed by atoms with Crippen LogP contribution in [0, 0.1) is 0 Å². The topological polar surface area (TPSA) is 18.5 Å². The lowest BCUT2D eigenvalue weighted by atomic mass is 10.3. The van der Waals surface area contributed by atoms with E-state index in [0.29, 0.717) is 11.5 Å². The van der Waals surface area contributed by atoms with Gasteiger partial charge in [0.1, 0.15) is 0 Å². The maximum Gasteiger partial charge on any atom is 0.168 e. The Morgan fingerprint density at radius 1 is 0.762 bits per heavy atom. The van der Waals surface area contributed by atoms with Gasteiger partial charge in [-0.1, -0.05) is 73.4 Å². The summed E-state index contributed by atoms with van der Waals surface area (Å²) in [6.07, 6.45) is 20.5. The minimum Gasteiger partial charge on any atom is -0.493 e. The number of allylic oxidation sites excluding steroid dienone is 10. The van der Waals surface area contributed by atoms with Gasteiger partial charge in [0.05, 0.1) is 13.4 Å². The van der Waals surface area contributed by atoms with Gasteiger partial charge in [0.15, 0.2) is 11.5 Å². The molecule has 0 saturated heterocycles. The molecule has 1 aromatic carbocycles. The van der Waals surface area contributed by atoms with Crippen LogP contribution in [-0.2, 0) is 0 Å². The first kappa shape index (κ1) is 16.3. The van der Waals surface area contributed by atoms with Crippen LogP contribution in [0.5, 0.6) is 11.5 Å². The summed E-state index contributed by atoms with van der Waals surface area (Å²) in [5.74, 6) is 1.40. The van der Waals surface area contributed by atoms with Gasteiger partial charge < -0.3 is 9.47 Å². The van der Waals surface area contributed by atoms with E-state index in [1.165, 1.54) is 0 Å². The zero-order valence-corrected chi connectivity index (χ0v) is 12.2. The van der Waals surface area contributed by atoms with Gasteiger partial charge in [0, 0.05) is 0 Å². The Morgan fingerprint density at radius 2 is 1.29 bits per heavy atom. The maximum absolute atomic E-state index is 5.49. The molecule has 0 fully saturated rings. The second-order valence-corrected chi connectivity index (χ2v) is 3.87. The van der Waals surface area contributed by atoms with E-state index in [1.807, 2.05) is 78.9 Å². The van der Waals surface area contributed by atoms with E-state index in [0.717, 1.165) is 0 Å². The fourth-order valence-corrected chi connectivity index (χ4v) is 1.40. The van der Waals surface area contributed by atoms with Crippen LogP contribution in [-0.4, -0.2) is 7.11 Å². The van der Waals surface area contributed by atoms with Gasteiger partial charge >= 0.3 is 0 Å². The number of ether oxygens (including phenoxy) is 2. The van der Waals surface area contributed by atoms with Gasteiger partial charge in [0.25, 0.3) is 0 Å². The van der Waals surface area contributed by atoms with E-state index >= 15 is 0 Å². The summed E-state index contributed by atoms with van der Waals surface area (Å²) in [6.45, 7) is 3.59. The molecule has 0 unspecified atom stereocenters. The van der Waals surface area contributed by atoms with Gasteiger partial charge in [-0.25, -0.2) is 0 Å². The molecule has 2 heteroatoms. The molecule has 0 aliphatic carbocycles. The van der Waals surface area contributed by atoms with Crippen molar-refractivity contribution in [3.63, 3.8) is 0 Å². The number of benzene rings is 1. The van der Waals surface area contributed by atoms with Crippen molar-refractivity contribution in [3.05, 3.63) is 97.9 Å². The van der Waals surface area contributed by atoms with Crippen LogP contribution in [0.25, 0.3) is 0 Å². The third kappa shape index (κ3) is 7.43. The van der Waals surface area contributed by atoms with E-state index < -0.39 is 0 Å². The van der Waals surface area contributed by atoms with Crippen LogP contribution in [0.3, 0.4) is 0 Å². The highest BCUT2D eigenvalue weighted by Gasteiger charge is 1.99. The minimum atomic E-state index is 0.692. The highest BCUT2D eigenvalue weighted by molar-refractivity contribution is 5.39. The molecule has 0 bridgehead atoms. The lowest BCUT2D eigenvalue weighted by Crippen LogP contribution is -1.88. The number of methoxy groups -OCH3 is 1. The van der Waals surface area contributed by atoms with Crippen molar-refractivity contribution in [1.29, 1.82) is 0 Å². The first-order chi connectivity index (χ1) is 10.4. The Bertz CT molecular complexity index is 561. The molecule has 0 saturated carbocycles. The zero-order chi connectivity index (χ0) is 15.2. The molecule has 0 aliphatic rings. The van der Waals surface area contributed by atoms with E-state index in [1.54, 1.807) is 19.4 Å². The van der Waals surface area contributed by atoms with Gasteiger partial charge in [-0.05, 0) is 18.2 Å². The third-order valence-corrected chi connectivity index (χ3v) is 2.37. The smallest absolute Gasteiger partial charge is 0.168 e. The molecule has 1 rings (SSSR count). The second kappa shape index (κ2) is 11.1. The molecule has 0 N–H and O–H groups in total. The van der Waals surface area contributed by atoms with E-state index in [2.05, 4.69) is 6.58 Å². The van der Waals surface area contributed by atoms with Gasteiger partial charge in [0.2, 0.25) is 0 Å². The molecule has 0 aromatic heterocycles. The van der Waals surface area contributed by atoms with E-state index in [9.17, 15) is 0 Å². The molecule has 21 heavy (non-hydrogen) atoms. The first-order valence-corrected chi connectivity index (χ1v) is 6.62. The predicted molar refractivity (Wildman–Crippen MR) is 89.5 cm³/mol. The van der Waals surface area contributed by atoms with Crippen molar-refractivity contribution in [1.82, 2.24) is 0 Å². The molecular weight excluding hydrogens is 260 g/mol. The van der Waals surface area contributed by atoms with Crippen molar-refractivity contribution >= 4 is 0 Å². The molecule has 0 spiro atoms. The summed E-state index contributed by atoms with van der Waals surface area (Å²) in [6, 6.07) is 7.51. The zero-order valence-electron chi connectivity index (χ0n) is 12.2. The normalized spacial score (nSPS) is 12.2. The lowest BCUT2D eigenvalue weighted by Gasteiger charge is -2.05. The van der Waals surface area contributed by atoms with Crippen LogP contribution < -0.4 is 9.47 Å². The molecule has 0 radical (unpaired) electrons. The van der Waals surface area contributed by atoms with Gasteiger partial charge in [-0.3, -0.25) is 0 Å². The third-order valence-electron chi connectivity index (χ3n) is 2.37. The fraction of sp³-hybridized carbons (Fsp3) is 0.0526. The average Bonchev–Trinajstić information content (AvgIpc) is 2.53. The Hall–Kier alpha value is -2.74. The molecule has 0 amide bonds. The van der Waals surface area contributed by atoms with Crippen molar-refractivity contribution in [3.8, 4) is 11.5 Å². The standard InChI is InChI=1S/C19H20O2/c1-3-4-5-6-7-8-9-10-11-14-17-21-19-16-13-12-15-18(19)20-2/h3-17H,1H2,2H3. The number of para-hydroxylation sites is 2.